The van der Waals surface area contributed by atoms with Gasteiger partial charge >= 0.3 is 5.97 Å². The normalized spacial score (nSPS) is 11.5. The number of rotatable bonds is 5. The van der Waals surface area contributed by atoms with Crippen LogP contribution >= 0.6 is 11.6 Å². The lowest BCUT2D eigenvalue weighted by atomic mass is 10.00. The van der Waals surface area contributed by atoms with Gasteiger partial charge < -0.3 is 5.11 Å². The first-order valence-corrected chi connectivity index (χ1v) is 9.72. The van der Waals surface area contributed by atoms with Crippen molar-refractivity contribution >= 4 is 27.6 Å². The predicted molar refractivity (Wildman–Crippen MR) is 100 cm³/mol. The number of hydrogen-bond acceptors (Lipinski definition) is 3. The summed E-state index contributed by atoms with van der Waals surface area (Å²) in [7, 11) is -3.96. The van der Waals surface area contributed by atoms with Crippen molar-refractivity contribution in [2.45, 2.75) is 18.2 Å². The Morgan fingerprint density at radius 3 is 2.42 bits per heavy atom. The average Bonchev–Trinajstić information content (AvgIpc) is 3.08. The number of carboxylic acid groups (broad SMARTS) is 1. The van der Waals surface area contributed by atoms with Gasteiger partial charge in [0.15, 0.2) is 0 Å². The number of aromatic nitrogens is 1. The molecule has 3 aromatic rings. The minimum Gasteiger partial charge on any atom is -0.478 e. The summed E-state index contributed by atoms with van der Waals surface area (Å²) in [6, 6.07) is 14.2. The van der Waals surface area contributed by atoms with Crippen LogP contribution in [0.3, 0.4) is 0 Å². The lowest BCUT2D eigenvalue weighted by Gasteiger charge is -2.15. The molecule has 0 radical (unpaired) electrons. The Labute approximate surface area is 156 Å². The van der Waals surface area contributed by atoms with Crippen LogP contribution < -0.4 is 0 Å². The Kier molecular flexibility index (Phi) is 4.89. The lowest BCUT2D eigenvalue weighted by Crippen LogP contribution is -2.15. The number of nitrogens with zero attached hydrogens (tertiary/aromatic N) is 1. The Hall–Kier alpha value is -2.57. The van der Waals surface area contributed by atoms with Gasteiger partial charge in [0.2, 0.25) is 0 Å². The fourth-order valence-corrected chi connectivity index (χ4v) is 4.39. The Morgan fingerprint density at radius 2 is 1.81 bits per heavy atom. The first-order valence-electron chi connectivity index (χ1n) is 7.90. The fraction of sp³-hybridized carbons (Fsp3) is 0.105. The standard InChI is InChI=1S/C19H16ClNO4S/c1-2-13-8-9-14(20)12-17(13)18-16(19(22)23)10-11-21(18)26(24,25)15-6-4-3-5-7-15/h3-12H,2H2,1H3,(H,22,23). The minimum atomic E-state index is -3.96. The highest BCUT2D eigenvalue weighted by atomic mass is 35.5. The van der Waals surface area contributed by atoms with Crippen LogP contribution in [0.15, 0.2) is 65.7 Å². The maximum atomic E-state index is 13.1. The highest BCUT2D eigenvalue weighted by molar-refractivity contribution is 7.90. The first-order chi connectivity index (χ1) is 12.4. The van der Waals surface area contributed by atoms with Crippen molar-refractivity contribution in [2.24, 2.45) is 0 Å². The summed E-state index contributed by atoms with van der Waals surface area (Å²) in [6.45, 7) is 1.91. The van der Waals surface area contributed by atoms with Crippen LogP contribution in [0.1, 0.15) is 22.8 Å². The number of carbonyl (C=O) groups is 1. The van der Waals surface area contributed by atoms with Gasteiger partial charge in [-0.3, -0.25) is 0 Å². The molecule has 0 spiro atoms. The van der Waals surface area contributed by atoms with Crippen LogP contribution in [0.5, 0.6) is 0 Å². The summed E-state index contributed by atoms with van der Waals surface area (Å²) >= 11 is 6.10. The van der Waals surface area contributed by atoms with Gasteiger partial charge in [0.25, 0.3) is 10.0 Å². The van der Waals surface area contributed by atoms with Crippen molar-refractivity contribution in [3.63, 3.8) is 0 Å². The van der Waals surface area contributed by atoms with Crippen LogP contribution in [-0.4, -0.2) is 23.5 Å². The molecule has 134 valence electrons. The highest BCUT2D eigenvalue weighted by Gasteiger charge is 2.26. The number of halogens is 1. The summed E-state index contributed by atoms with van der Waals surface area (Å²) in [4.78, 5) is 11.8. The molecule has 5 nitrogen and oxygen atoms in total. The van der Waals surface area contributed by atoms with E-state index >= 15 is 0 Å². The van der Waals surface area contributed by atoms with Gasteiger partial charge in [-0.25, -0.2) is 17.2 Å². The summed E-state index contributed by atoms with van der Waals surface area (Å²) in [5, 5.41) is 9.97. The number of aromatic carboxylic acids is 1. The van der Waals surface area contributed by atoms with E-state index in [1.54, 1.807) is 36.4 Å². The second-order valence-electron chi connectivity index (χ2n) is 5.65. The zero-order valence-corrected chi connectivity index (χ0v) is 15.5. The molecule has 3 rings (SSSR count). The molecule has 2 aromatic carbocycles. The third-order valence-electron chi connectivity index (χ3n) is 4.09. The highest BCUT2D eigenvalue weighted by Crippen LogP contribution is 2.33. The van der Waals surface area contributed by atoms with Gasteiger partial charge in [-0.1, -0.05) is 42.8 Å². The van der Waals surface area contributed by atoms with Crippen molar-refractivity contribution in [2.75, 3.05) is 0 Å². The van der Waals surface area contributed by atoms with Crippen molar-refractivity contribution in [3.8, 4) is 11.3 Å². The minimum absolute atomic E-state index is 0.0777. The lowest BCUT2D eigenvalue weighted by molar-refractivity contribution is 0.0698. The second-order valence-corrected chi connectivity index (χ2v) is 7.90. The van der Waals surface area contributed by atoms with E-state index in [0.717, 1.165) is 9.54 Å². The molecule has 0 saturated heterocycles. The van der Waals surface area contributed by atoms with E-state index in [0.29, 0.717) is 17.0 Å². The molecule has 0 unspecified atom stereocenters. The summed E-state index contributed by atoms with van der Waals surface area (Å²) in [6.07, 6.45) is 1.86. The second kappa shape index (κ2) is 6.97. The topological polar surface area (TPSA) is 76.4 Å². The van der Waals surface area contributed by atoms with Gasteiger partial charge in [-0.05, 0) is 42.3 Å². The van der Waals surface area contributed by atoms with E-state index in [2.05, 4.69) is 0 Å². The van der Waals surface area contributed by atoms with Gasteiger partial charge in [0.1, 0.15) is 0 Å². The van der Waals surface area contributed by atoms with E-state index in [4.69, 9.17) is 11.6 Å². The molecular weight excluding hydrogens is 374 g/mol. The maximum Gasteiger partial charge on any atom is 0.337 e. The van der Waals surface area contributed by atoms with Crippen LogP contribution in [0.25, 0.3) is 11.3 Å². The Balaban J connectivity index is 2.35. The van der Waals surface area contributed by atoms with Crippen molar-refractivity contribution in [3.05, 3.63) is 76.9 Å². The summed E-state index contributed by atoms with van der Waals surface area (Å²) in [5.74, 6) is -1.20. The molecule has 0 aliphatic rings. The Morgan fingerprint density at radius 1 is 1.12 bits per heavy atom. The first kappa shape index (κ1) is 18.2. The van der Waals surface area contributed by atoms with Crippen LogP contribution in [0.2, 0.25) is 5.02 Å². The molecule has 1 aromatic heterocycles. The molecule has 0 aliphatic carbocycles. The molecular formula is C19H16ClNO4S. The number of hydrogen-bond donors (Lipinski definition) is 1. The van der Waals surface area contributed by atoms with E-state index in [9.17, 15) is 18.3 Å². The molecule has 1 N–H and O–H groups in total. The van der Waals surface area contributed by atoms with Crippen LogP contribution in [-0.2, 0) is 16.4 Å². The molecule has 0 fully saturated rings. The molecule has 26 heavy (non-hydrogen) atoms. The molecule has 0 saturated carbocycles. The van der Waals surface area contributed by atoms with Gasteiger partial charge in [-0.2, -0.15) is 0 Å². The average molecular weight is 390 g/mol. The summed E-state index contributed by atoms with van der Waals surface area (Å²) in [5.41, 5.74) is 1.30. The number of aryl methyl sites for hydroxylation is 1. The van der Waals surface area contributed by atoms with Crippen LogP contribution in [0.4, 0.5) is 0 Å². The quantitative estimate of drug-likeness (QED) is 0.705. The van der Waals surface area contributed by atoms with Crippen molar-refractivity contribution in [1.29, 1.82) is 0 Å². The molecule has 1 heterocycles. The molecule has 0 aliphatic heterocycles. The zero-order chi connectivity index (χ0) is 18.9. The van der Waals surface area contributed by atoms with Gasteiger partial charge in [0, 0.05) is 16.8 Å². The van der Waals surface area contributed by atoms with E-state index in [-0.39, 0.29) is 16.2 Å². The SMILES string of the molecule is CCc1ccc(Cl)cc1-c1c(C(=O)O)ccn1S(=O)(=O)c1ccccc1. The fourth-order valence-electron chi connectivity index (χ4n) is 2.83. The molecule has 0 amide bonds. The van der Waals surface area contributed by atoms with Crippen molar-refractivity contribution in [1.82, 2.24) is 3.97 Å². The van der Waals surface area contributed by atoms with E-state index < -0.39 is 16.0 Å². The monoisotopic (exact) mass is 389 g/mol. The zero-order valence-electron chi connectivity index (χ0n) is 13.9. The van der Waals surface area contributed by atoms with Gasteiger partial charge in [-0.15, -0.1) is 0 Å². The van der Waals surface area contributed by atoms with E-state index in [1.807, 2.05) is 6.92 Å². The molecule has 0 bridgehead atoms. The third-order valence-corrected chi connectivity index (χ3v) is 6.02. The maximum absolute atomic E-state index is 13.1. The molecule has 0 atom stereocenters. The van der Waals surface area contributed by atoms with Crippen LogP contribution in [0, 0.1) is 0 Å². The smallest absolute Gasteiger partial charge is 0.337 e. The number of carboxylic acids is 1. The predicted octanol–water partition coefficient (Wildman–Crippen LogP) is 4.31. The summed E-state index contributed by atoms with van der Waals surface area (Å²) < 4.78 is 27.2. The van der Waals surface area contributed by atoms with E-state index in [1.165, 1.54) is 24.4 Å². The largest absolute Gasteiger partial charge is 0.478 e. The third kappa shape index (κ3) is 3.13. The van der Waals surface area contributed by atoms with Crippen molar-refractivity contribution < 1.29 is 18.3 Å². The number of benzene rings is 2. The molecule has 7 heteroatoms. The van der Waals surface area contributed by atoms with Gasteiger partial charge in [0.05, 0.1) is 16.2 Å². The Bertz CT molecular complexity index is 1070.